The number of aliphatic imine (C=N–C) groups is 1. The number of anilines is 2. The molecule has 30 heavy (non-hydrogen) atoms. The van der Waals surface area contributed by atoms with Crippen LogP contribution in [0.5, 0.6) is 0 Å². The van der Waals surface area contributed by atoms with Crippen molar-refractivity contribution in [2.24, 2.45) is 4.99 Å². The number of fused-ring (bicyclic) bond motifs is 1. The van der Waals surface area contributed by atoms with Crippen molar-refractivity contribution in [2.75, 3.05) is 23.7 Å². The third kappa shape index (κ3) is 3.46. The SMILES string of the molecule is O=S(=O)(c1cccc(Cl)c1)N1CCC2(C1)Nc1cccnc1NC2=NC1CCCC1. The number of nitrogens with one attached hydrogen (secondary N) is 2. The average Bonchev–Trinajstić information content (AvgIpc) is 3.40. The minimum atomic E-state index is -3.65. The number of nitrogens with zero attached hydrogens (tertiary/aromatic N) is 3. The fourth-order valence-electron chi connectivity index (χ4n) is 4.58. The van der Waals surface area contributed by atoms with Crippen molar-refractivity contribution < 1.29 is 8.42 Å². The summed E-state index contributed by atoms with van der Waals surface area (Å²) in [5.41, 5.74) is 0.273. The molecule has 1 saturated heterocycles. The van der Waals surface area contributed by atoms with Crippen LogP contribution in [0.3, 0.4) is 0 Å². The first-order valence-corrected chi connectivity index (χ1v) is 12.1. The summed E-state index contributed by atoms with van der Waals surface area (Å²) in [7, 11) is -3.65. The molecular formula is C21H24ClN5O2S. The lowest BCUT2D eigenvalue weighted by Gasteiger charge is -2.38. The Balaban J connectivity index is 1.50. The maximum atomic E-state index is 13.3. The molecule has 2 aromatic rings. The summed E-state index contributed by atoms with van der Waals surface area (Å²) in [5.74, 6) is 1.53. The Labute approximate surface area is 181 Å². The zero-order chi connectivity index (χ0) is 20.8. The number of benzene rings is 1. The van der Waals surface area contributed by atoms with Crippen LogP contribution < -0.4 is 10.6 Å². The molecule has 1 saturated carbocycles. The molecule has 158 valence electrons. The molecule has 7 nitrogen and oxygen atoms in total. The van der Waals surface area contributed by atoms with Crippen LogP contribution in [-0.2, 0) is 10.0 Å². The van der Waals surface area contributed by atoms with Gasteiger partial charge in [-0.1, -0.05) is 30.5 Å². The fourth-order valence-corrected chi connectivity index (χ4v) is 6.38. The quantitative estimate of drug-likeness (QED) is 0.751. The van der Waals surface area contributed by atoms with Gasteiger partial charge >= 0.3 is 0 Å². The Hall–Kier alpha value is -2.16. The zero-order valence-corrected chi connectivity index (χ0v) is 18.1. The van der Waals surface area contributed by atoms with Gasteiger partial charge in [-0.25, -0.2) is 13.4 Å². The molecule has 5 rings (SSSR count). The van der Waals surface area contributed by atoms with Crippen LogP contribution in [0.25, 0.3) is 0 Å². The number of aromatic nitrogens is 1. The van der Waals surface area contributed by atoms with E-state index in [0.717, 1.165) is 30.2 Å². The highest BCUT2D eigenvalue weighted by Gasteiger charge is 2.49. The maximum Gasteiger partial charge on any atom is 0.243 e. The van der Waals surface area contributed by atoms with Crippen LogP contribution in [0.2, 0.25) is 5.02 Å². The molecule has 0 radical (unpaired) electrons. The summed E-state index contributed by atoms with van der Waals surface area (Å²) in [6, 6.07) is 10.5. The first-order valence-electron chi connectivity index (χ1n) is 10.3. The van der Waals surface area contributed by atoms with Crippen molar-refractivity contribution in [3.63, 3.8) is 0 Å². The molecule has 1 unspecified atom stereocenters. The van der Waals surface area contributed by atoms with Gasteiger partial charge in [0, 0.05) is 24.3 Å². The largest absolute Gasteiger partial charge is 0.369 e. The monoisotopic (exact) mass is 445 g/mol. The van der Waals surface area contributed by atoms with E-state index in [-0.39, 0.29) is 10.9 Å². The summed E-state index contributed by atoms with van der Waals surface area (Å²) in [6.07, 6.45) is 6.88. The van der Waals surface area contributed by atoms with E-state index >= 15 is 0 Å². The second-order valence-electron chi connectivity index (χ2n) is 8.19. The number of amidine groups is 1. The highest BCUT2D eigenvalue weighted by atomic mass is 35.5. The maximum absolute atomic E-state index is 13.3. The average molecular weight is 446 g/mol. The molecule has 2 N–H and O–H groups in total. The standard InChI is InChI=1S/C21H24ClN5O2S/c22-15-5-3-8-17(13-15)30(28,29)27-12-10-21(14-27)20(24-16-6-1-2-7-16)25-19-18(26-21)9-4-11-23-19/h3-5,8-9,11,13,16,26H,1-2,6-7,10,12,14H2,(H,23,24,25). The molecule has 1 aromatic carbocycles. The number of hydrogen-bond acceptors (Lipinski definition) is 5. The Morgan fingerprint density at radius 3 is 2.83 bits per heavy atom. The minimum absolute atomic E-state index is 0.215. The van der Waals surface area contributed by atoms with Gasteiger partial charge in [-0.15, -0.1) is 0 Å². The smallest absolute Gasteiger partial charge is 0.243 e. The summed E-state index contributed by atoms with van der Waals surface area (Å²) < 4.78 is 28.1. The Kier molecular flexibility index (Phi) is 4.95. The predicted molar refractivity (Wildman–Crippen MR) is 119 cm³/mol. The second kappa shape index (κ2) is 7.51. The predicted octanol–water partition coefficient (Wildman–Crippen LogP) is 3.75. The zero-order valence-electron chi connectivity index (χ0n) is 16.5. The first kappa shape index (κ1) is 19.8. The number of rotatable bonds is 3. The summed E-state index contributed by atoms with van der Waals surface area (Å²) in [4.78, 5) is 9.67. The van der Waals surface area contributed by atoms with E-state index in [9.17, 15) is 8.42 Å². The summed E-state index contributed by atoms with van der Waals surface area (Å²) >= 11 is 6.04. The lowest BCUT2D eigenvalue weighted by atomic mass is 9.93. The van der Waals surface area contributed by atoms with Gasteiger partial charge in [0.15, 0.2) is 5.82 Å². The second-order valence-corrected chi connectivity index (χ2v) is 10.6. The van der Waals surface area contributed by atoms with E-state index in [1.54, 1.807) is 24.4 Å². The van der Waals surface area contributed by atoms with Gasteiger partial charge in [0.1, 0.15) is 11.4 Å². The van der Waals surface area contributed by atoms with Crippen LogP contribution in [0.4, 0.5) is 11.5 Å². The van der Waals surface area contributed by atoms with Gasteiger partial charge < -0.3 is 10.6 Å². The van der Waals surface area contributed by atoms with Crippen molar-refractivity contribution in [3.8, 4) is 0 Å². The van der Waals surface area contributed by atoms with Gasteiger partial charge in [-0.3, -0.25) is 4.99 Å². The number of hydrogen-bond donors (Lipinski definition) is 2. The van der Waals surface area contributed by atoms with Gasteiger partial charge in [0.25, 0.3) is 0 Å². The molecule has 9 heteroatoms. The van der Waals surface area contributed by atoms with E-state index in [2.05, 4.69) is 15.6 Å². The molecule has 1 spiro atoms. The third-order valence-electron chi connectivity index (χ3n) is 6.18. The normalized spacial score (nSPS) is 26.0. The van der Waals surface area contributed by atoms with Crippen molar-refractivity contribution in [2.45, 2.75) is 48.6 Å². The number of halogens is 1. The van der Waals surface area contributed by atoms with E-state index in [1.807, 2.05) is 12.1 Å². The molecule has 1 aliphatic carbocycles. The Bertz CT molecular complexity index is 1100. The van der Waals surface area contributed by atoms with E-state index in [4.69, 9.17) is 16.6 Å². The number of sulfonamides is 1. The van der Waals surface area contributed by atoms with Crippen molar-refractivity contribution >= 4 is 39.0 Å². The van der Waals surface area contributed by atoms with Gasteiger partial charge in [-0.2, -0.15) is 4.31 Å². The van der Waals surface area contributed by atoms with Crippen molar-refractivity contribution in [3.05, 3.63) is 47.6 Å². The van der Waals surface area contributed by atoms with Crippen LogP contribution in [0.15, 0.2) is 52.5 Å². The molecule has 0 amide bonds. The number of pyridine rings is 1. The molecule has 2 fully saturated rings. The molecule has 3 heterocycles. The fraction of sp³-hybridized carbons (Fsp3) is 0.429. The Morgan fingerprint density at radius 1 is 1.20 bits per heavy atom. The van der Waals surface area contributed by atoms with E-state index in [0.29, 0.717) is 24.5 Å². The first-order chi connectivity index (χ1) is 14.5. The summed E-state index contributed by atoms with van der Waals surface area (Å²) in [5, 5.41) is 7.39. The lowest BCUT2D eigenvalue weighted by Crippen LogP contribution is -2.55. The van der Waals surface area contributed by atoms with Crippen LogP contribution in [0, 0.1) is 0 Å². The molecule has 1 atom stereocenters. The van der Waals surface area contributed by atoms with Gasteiger partial charge in [0.05, 0.1) is 16.6 Å². The van der Waals surface area contributed by atoms with Crippen LogP contribution >= 0.6 is 11.6 Å². The highest BCUT2D eigenvalue weighted by molar-refractivity contribution is 7.89. The van der Waals surface area contributed by atoms with E-state index in [1.165, 1.54) is 23.2 Å². The molecule has 0 bridgehead atoms. The molecule has 3 aliphatic rings. The van der Waals surface area contributed by atoms with Crippen molar-refractivity contribution in [1.82, 2.24) is 9.29 Å². The molecule has 1 aromatic heterocycles. The Morgan fingerprint density at radius 2 is 2.03 bits per heavy atom. The van der Waals surface area contributed by atoms with Crippen LogP contribution in [-0.4, -0.2) is 48.2 Å². The van der Waals surface area contributed by atoms with Gasteiger partial charge in [0.2, 0.25) is 10.0 Å². The summed E-state index contributed by atoms with van der Waals surface area (Å²) in [6.45, 7) is 0.706. The topological polar surface area (TPSA) is 86.7 Å². The van der Waals surface area contributed by atoms with Crippen molar-refractivity contribution in [1.29, 1.82) is 0 Å². The highest BCUT2D eigenvalue weighted by Crippen LogP contribution is 2.38. The lowest BCUT2D eigenvalue weighted by molar-refractivity contribution is 0.467. The van der Waals surface area contributed by atoms with E-state index < -0.39 is 15.6 Å². The third-order valence-corrected chi connectivity index (χ3v) is 8.25. The molecular weight excluding hydrogens is 422 g/mol. The minimum Gasteiger partial charge on any atom is -0.369 e. The van der Waals surface area contributed by atoms with Gasteiger partial charge in [-0.05, 0) is 49.6 Å². The van der Waals surface area contributed by atoms with Crippen LogP contribution in [0.1, 0.15) is 32.1 Å². The molecule has 2 aliphatic heterocycles.